The number of benzene rings is 1. The number of terminal acetylenes is 1. The van der Waals surface area contributed by atoms with Gasteiger partial charge in [-0.05, 0) is 24.3 Å². The van der Waals surface area contributed by atoms with Crippen molar-refractivity contribution in [3.05, 3.63) is 24.3 Å². The van der Waals surface area contributed by atoms with E-state index in [0.717, 1.165) is 0 Å². The molecule has 0 saturated carbocycles. The molecular formula is C14H11F3N4O2S2. The summed E-state index contributed by atoms with van der Waals surface area (Å²) in [5.41, 5.74) is 0.522. The largest absolute Gasteiger partial charge is 0.573 e. The summed E-state index contributed by atoms with van der Waals surface area (Å²) in [6.07, 6.45) is 0.307. The Kier molecular flexibility index (Phi) is 6.49. The number of alkyl halides is 3. The predicted octanol–water partition coefficient (Wildman–Crippen LogP) is 3.02. The van der Waals surface area contributed by atoms with E-state index in [2.05, 4.69) is 31.5 Å². The highest BCUT2D eigenvalue weighted by molar-refractivity contribution is 8.01. The van der Waals surface area contributed by atoms with Crippen LogP contribution in [0, 0.1) is 12.3 Å². The average Bonchev–Trinajstić information content (AvgIpc) is 2.99. The second-order valence-corrected chi connectivity index (χ2v) is 6.54. The highest BCUT2D eigenvalue weighted by Gasteiger charge is 2.30. The molecule has 0 radical (unpaired) electrons. The first kappa shape index (κ1) is 18.9. The standard InChI is InChI=1S/C14H11F3N4O2S2/c1-2-7-18-11(22)8-24-13-21-20-12(25-13)19-9-3-5-10(6-4-9)23-14(15,16)17/h1,3-6H,7-8H2,(H,18,22)(H,19,20). The Balaban J connectivity index is 1.86. The number of anilines is 2. The number of amides is 1. The Labute approximate surface area is 149 Å². The van der Waals surface area contributed by atoms with E-state index in [1.165, 1.54) is 47.4 Å². The predicted molar refractivity (Wildman–Crippen MR) is 88.9 cm³/mol. The van der Waals surface area contributed by atoms with Crippen LogP contribution in [0.25, 0.3) is 0 Å². The fraction of sp³-hybridized carbons (Fsp3) is 0.214. The van der Waals surface area contributed by atoms with Crippen LogP contribution < -0.4 is 15.4 Å². The maximum absolute atomic E-state index is 12.1. The Morgan fingerprint density at radius 3 is 2.68 bits per heavy atom. The van der Waals surface area contributed by atoms with E-state index in [4.69, 9.17) is 6.42 Å². The molecule has 0 bridgehead atoms. The summed E-state index contributed by atoms with van der Waals surface area (Å²) in [5.74, 6) is 1.92. The van der Waals surface area contributed by atoms with Gasteiger partial charge in [0.25, 0.3) is 0 Å². The minimum absolute atomic E-state index is 0.153. The summed E-state index contributed by atoms with van der Waals surface area (Å²) in [4.78, 5) is 11.4. The smallest absolute Gasteiger partial charge is 0.406 e. The van der Waals surface area contributed by atoms with Crippen molar-refractivity contribution in [2.45, 2.75) is 10.7 Å². The molecule has 1 aromatic heterocycles. The minimum Gasteiger partial charge on any atom is -0.406 e. The number of hydrogen-bond donors (Lipinski definition) is 2. The quantitative estimate of drug-likeness (QED) is 0.561. The van der Waals surface area contributed by atoms with Crippen LogP contribution >= 0.6 is 23.1 Å². The topological polar surface area (TPSA) is 76.1 Å². The zero-order chi connectivity index (χ0) is 18.3. The van der Waals surface area contributed by atoms with E-state index in [1.807, 2.05) is 0 Å². The van der Waals surface area contributed by atoms with Gasteiger partial charge >= 0.3 is 6.36 Å². The SMILES string of the molecule is C#CCNC(=O)CSc1nnc(Nc2ccc(OC(F)(F)F)cc2)s1. The fourth-order valence-electron chi connectivity index (χ4n) is 1.51. The van der Waals surface area contributed by atoms with Crippen molar-refractivity contribution < 1.29 is 22.7 Å². The van der Waals surface area contributed by atoms with Crippen molar-refractivity contribution in [2.24, 2.45) is 0 Å². The molecule has 0 aliphatic heterocycles. The van der Waals surface area contributed by atoms with Crippen molar-refractivity contribution in [3.63, 3.8) is 0 Å². The van der Waals surface area contributed by atoms with Gasteiger partial charge in [-0.3, -0.25) is 4.79 Å². The lowest BCUT2D eigenvalue weighted by Crippen LogP contribution is -2.25. The molecule has 11 heteroatoms. The molecule has 6 nitrogen and oxygen atoms in total. The molecule has 2 rings (SSSR count). The van der Waals surface area contributed by atoms with Crippen molar-refractivity contribution in [3.8, 4) is 18.1 Å². The number of halogens is 3. The molecular weight excluding hydrogens is 377 g/mol. The van der Waals surface area contributed by atoms with E-state index in [1.54, 1.807) is 0 Å². The highest BCUT2D eigenvalue weighted by atomic mass is 32.2. The Bertz CT molecular complexity index is 757. The van der Waals surface area contributed by atoms with Crippen LogP contribution in [0.3, 0.4) is 0 Å². The van der Waals surface area contributed by atoms with Crippen LogP contribution in [0.1, 0.15) is 0 Å². The second kappa shape index (κ2) is 8.59. The number of rotatable bonds is 7. The van der Waals surface area contributed by atoms with E-state index >= 15 is 0 Å². The van der Waals surface area contributed by atoms with Crippen molar-refractivity contribution in [1.29, 1.82) is 0 Å². The Morgan fingerprint density at radius 1 is 1.32 bits per heavy atom. The first-order valence-electron chi connectivity index (χ1n) is 6.65. The third-order valence-electron chi connectivity index (χ3n) is 2.46. The van der Waals surface area contributed by atoms with Gasteiger partial charge in [0.15, 0.2) is 4.34 Å². The molecule has 0 atom stereocenters. The second-order valence-electron chi connectivity index (χ2n) is 4.34. The summed E-state index contributed by atoms with van der Waals surface area (Å²) in [7, 11) is 0. The lowest BCUT2D eigenvalue weighted by Gasteiger charge is -2.09. The molecule has 0 unspecified atom stereocenters. The summed E-state index contributed by atoms with van der Waals surface area (Å²) in [6.45, 7) is 0.163. The molecule has 0 saturated heterocycles. The lowest BCUT2D eigenvalue weighted by molar-refractivity contribution is -0.274. The number of carbonyl (C=O) groups excluding carboxylic acids is 1. The molecule has 25 heavy (non-hydrogen) atoms. The van der Waals surface area contributed by atoms with Crippen LogP contribution in [-0.4, -0.2) is 34.8 Å². The Hall–Kier alpha value is -2.45. The Morgan fingerprint density at radius 2 is 2.04 bits per heavy atom. The molecule has 2 N–H and O–H groups in total. The van der Waals surface area contributed by atoms with Gasteiger partial charge in [-0.25, -0.2) is 0 Å². The van der Waals surface area contributed by atoms with E-state index in [0.29, 0.717) is 15.2 Å². The fourth-order valence-corrected chi connectivity index (χ4v) is 3.11. The van der Waals surface area contributed by atoms with Gasteiger partial charge in [-0.15, -0.1) is 29.8 Å². The summed E-state index contributed by atoms with van der Waals surface area (Å²) < 4.78 is 40.6. The molecule has 0 aliphatic rings. The number of hydrogen-bond acceptors (Lipinski definition) is 7. The van der Waals surface area contributed by atoms with Crippen LogP contribution in [0.5, 0.6) is 5.75 Å². The summed E-state index contributed by atoms with van der Waals surface area (Å²) in [6, 6.07) is 5.20. The van der Waals surface area contributed by atoms with Gasteiger partial charge in [0.2, 0.25) is 11.0 Å². The normalized spacial score (nSPS) is 10.8. The molecule has 0 fully saturated rings. The molecule has 1 amide bonds. The molecule has 0 spiro atoms. The zero-order valence-electron chi connectivity index (χ0n) is 12.5. The van der Waals surface area contributed by atoms with Crippen molar-refractivity contribution >= 4 is 39.8 Å². The lowest BCUT2D eigenvalue weighted by atomic mass is 10.3. The van der Waals surface area contributed by atoms with Crippen LogP contribution in [0.2, 0.25) is 0 Å². The number of nitrogens with zero attached hydrogens (tertiary/aromatic N) is 2. The number of nitrogens with one attached hydrogen (secondary N) is 2. The van der Waals surface area contributed by atoms with Crippen molar-refractivity contribution in [2.75, 3.05) is 17.6 Å². The van der Waals surface area contributed by atoms with E-state index < -0.39 is 6.36 Å². The highest BCUT2D eigenvalue weighted by Crippen LogP contribution is 2.29. The third-order valence-corrected chi connectivity index (χ3v) is 4.43. The number of thioether (sulfide) groups is 1. The number of carbonyl (C=O) groups is 1. The molecule has 1 aromatic carbocycles. The van der Waals surface area contributed by atoms with Gasteiger partial charge in [-0.1, -0.05) is 29.0 Å². The molecule has 2 aromatic rings. The minimum atomic E-state index is -4.73. The first-order chi connectivity index (χ1) is 11.9. The summed E-state index contributed by atoms with van der Waals surface area (Å²) in [5, 5.41) is 13.7. The maximum atomic E-state index is 12.1. The van der Waals surface area contributed by atoms with E-state index in [-0.39, 0.29) is 24.0 Å². The monoisotopic (exact) mass is 388 g/mol. The number of aromatic nitrogens is 2. The van der Waals surface area contributed by atoms with Crippen molar-refractivity contribution in [1.82, 2.24) is 15.5 Å². The first-order valence-corrected chi connectivity index (χ1v) is 8.45. The molecule has 0 aliphatic carbocycles. The van der Waals surface area contributed by atoms with Gasteiger partial charge in [0.05, 0.1) is 12.3 Å². The van der Waals surface area contributed by atoms with Gasteiger partial charge in [0, 0.05) is 5.69 Å². The number of ether oxygens (including phenoxy) is 1. The summed E-state index contributed by atoms with van der Waals surface area (Å²) >= 11 is 2.40. The van der Waals surface area contributed by atoms with Crippen LogP contribution in [0.4, 0.5) is 24.0 Å². The maximum Gasteiger partial charge on any atom is 0.573 e. The van der Waals surface area contributed by atoms with Gasteiger partial charge < -0.3 is 15.4 Å². The van der Waals surface area contributed by atoms with Gasteiger partial charge in [-0.2, -0.15) is 0 Å². The third kappa shape index (κ3) is 6.90. The van der Waals surface area contributed by atoms with E-state index in [9.17, 15) is 18.0 Å². The molecule has 1 heterocycles. The average molecular weight is 388 g/mol. The van der Waals surface area contributed by atoms with Crippen LogP contribution in [0.15, 0.2) is 28.6 Å². The zero-order valence-corrected chi connectivity index (χ0v) is 14.1. The van der Waals surface area contributed by atoms with Gasteiger partial charge in [0.1, 0.15) is 5.75 Å². The van der Waals surface area contributed by atoms with Crippen LogP contribution in [-0.2, 0) is 4.79 Å². The molecule has 132 valence electrons.